The zero-order valence-electron chi connectivity index (χ0n) is 12.9. The summed E-state index contributed by atoms with van der Waals surface area (Å²) in [5.74, 6) is 0.946. The summed E-state index contributed by atoms with van der Waals surface area (Å²) in [5, 5.41) is 3.35. The van der Waals surface area contributed by atoms with E-state index in [4.69, 9.17) is 4.74 Å². The maximum atomic E-state index is 6.08. The Morgan fingerprint density at radius 1 is 1.10 bits per heavy atom. The summed E-state index contributed by atoms with van der Waals surface area (Å²) in [4.78, 5) is 0. The van der Waals surface area contributed by atoms with E-state index < -0.39 is 0 Å². The molecule has 0 atom stereocenters. The molecule has 3 heteroatoms. The third-order valence-electron chi connectivity index (χ3n) is 3.60. The van der Waals surface area contributed by atoms with Gasteiger partial charge in [-0.15, -0.1) is 0 Å². The number of ether oxygens (including phenoxy) is 1. The van der Waals surface area contributed by atoms with E-state index in [-0.39, 0.29) is 0 Å². The van der Waals surface area contributed by atoms with E-state index >= 15 is 0 Å². The molecule has 2 aromatic rings. The standard InChI is InChI=1S/C18H22BrNO/c1-4-20-11-15-10-16(19)8-9-18(15)21-12-17-13(2)6-5-7-14(17)3/h5-10,20H,4,11-12H2,1-3H3. The number of rotatable bonds is 6. The summed E-state index contributed by atoms with van der Waals surface area (Å²) >= 11 is 3.52. The van der Waals surface area contributed by atoms with Crippen LogP contribution in [0, 0.1) is 13.8 Å². The molecular weight excluding hydrogens is 326 g/mol. The third-order valence-corrected chi connectivity index (χ3v) is 4.10. The molecule has 2 nitrogen and oxygen atoms in total. The second-order valence-corrected chi connectivity index (χ2v) is 6.11. The van der Waals surface area contributed by atoms with Crippen LogP contribution in [-0.2, 0) is 13.2 Å². The summed E-state index contributed by atoms with van der Waals surface area (Å²) in [6.45, 7) is 8.75. The minimum atomic E-state index is 0.610. The maximum absolute atomic E-state index is 6.08. The molecule has 0 fully saturated rings. The molecule has 0 bridgehead atoms. The predicted octanol–water partition coefficient (Wildman–Crippen LogP) is 4.75. The second kappa shape index (κ2) is 7.62. The number of halogens is 1. The van der Waals surface area contributed by atoms with Gasteiger partial charge in [-0.2, -0.15) is 0 Å². The molecule has 0 heterocycles. The summed E-state index contributed by atoms with van der Waals surface area (Å²) in [6, 6.07) is 12.5. The zero-order valence-corrected chi connectivity index (χ0v) is 14.5. The van der Waals surface area contributed by atoms with Gasteiger partial charge >= 0.3 is 0 Å². The number of aryl methyl sites for hydroxylation is 2. The van der Waals surface area contributed by atoms with E-state index in [9.17, 15) is 0 Å². The minimum Gasteiger partial charge on any atom is -0.489 e. The number of nitrogens with one attached hydrogen (secondary N) is 1. The normalized spacial score (nSPS) is 10.7. The van der Waals surface area contributed by atoms with Crippen molar-refractivity contribution in [3.05, 3.63) is 63.1 Å². The molecule has 0 spiro atoms. The predicted molar refractivity (Wildman–Crippen MR) is 91.8 cm³/mol. The van der Waals surface area contributed by atoms with Gasteiger partial charge in [-0.05, 0) is 55.3 Å². The first-order valence-electron chi connectivity index (χ1n) is 7.29. The molecule has 2 rings (SSSR count). The van der Waals surface area contributed by atoms with Crippen LogP contribution in [0.4, 0.5) is 0 Å². The molecule has 0 aliphatic rings. The van der Waals surface area contributed by atoms with Crippen molar-refractivity contribution in [3.8, 4) is 5.75 Å². The molecule has 21 heavy (non-hydrogen) atoms. The highest BCUT2D eigenvalue weighted by molar-refractivity contribution is 9.10. The van der Waals surface area contributed by atoms with Gasteiger partial charge in [0, 0.05) is 16.6 Å². The van der Waals surface area contributed by atoms with Crippen LogP contribution in [0.1, 0.15) is 29.2 Å². The quantitative estimate of drug-likeness (QED) is 0.813. The van der Waals surface area contributed by atoms with Gasteiger partial charge in [0.15, 0.2) is 0 Å². The Morgan fingerprint density at radius 2 is 1.81 bits per heavy atom. The Morgan fingerprint density at radius 3 is 2.48 bits per heavy atom. The number of hydrogen-bond donors (Lipinski definition) is 1. The van der Waals surface area contributed by atoms with Crippen molar-refractivity contribution in [2.45, 2.75) is 33.9 Å². The summed E-state index contributed by atoms with van der Waals surface area (Å²) in [5.41, 5.74) is 5.01. The van der Waals surface area contributed by atoms with Gasteiger partial charge in [-0.25, -0.2) is 0 Å². The van der Waals surface area contributed by atoms with E-state index in [1.807, 2.05) is 12.1 Å². The van der Waals surface area contributed by atoms with Gasteiger partial charge in [-0.3, -0.25) is 0 Å². The fourth-order valence-electron chi connectivity index (χ4n) is 2.31. The number of hydrogen-bond acceptors (Lipinski definition) is 2. The van der Waals surface area contributed by atoms with E-state index in [1.54, 1.807) is 0 Å². The third kappa shape index (κ3) is 4.32. The van der Waals surface area contributed by atoms with Crippen molar-refractivity contribution < 1.29 is 4.74 Å². The monoisotopic (exact) mass is 347 g/mol. The van der Waals surface area contributed by atoms with Crippen LogP contribution in [0.3, 0.4) is 0 Å². The average Bonchev–Trinajstić information content (AvgIpc) is 2.46. The van der Waals surface area contributed by atoms with Crippen molar-refractivity contribution in [1.29, 1.82) is 0 Å². The first-order chi connectivity index (χ1) is 10.1. The van der Waals surface area contributed by atoms with Crippen LogP contribution in [-0.4, -0.2) is 6.54 Å². The lowest BCUT2D eigenvalue weighted by molar-refractivity contribution is 0.300. The van der Waals surface area contributed by atoms with Crippen LogP contribution < -0.4 is 10.1 Å². The Labute approximate surface area is 135 Å². The lowest BCUT2D eigenvalue weighted by Crippen LogP contribution is -2.13. The Balaban J connectivity index is 2.16. The van der Waals surface area contributed by atoms with E-state index in [0.29, 0.717) is 6.61 Å². The second-order valence-electron chi connectivity index (χ2n) is 5.19. The largest absolute Gasteiger partial charge is 0.489 e. The lowest BCUT2D eigenvalue weighted by atomic mass is 10.0. The van der Waals surface area contributed by atoms with Gasteiger partial charge < -0.3 is 10.1 Å². The highest BCUT2D eigenvalue weighted by atomic mass is 79.9. The molecule has 1 N–H and O–H groups in total. The van der Waals surface area contributed by atoms with Crippen molar-refractivity contribution in [3.63, 3.8) is 0 Å². The molecular formula is C18H22BrNO. The van der Waals surface area contributed by atoms with Crippen molar-refractivity contribution in [1.82, 2.24) is 5.32 Å². The molecule has 112 valence electrons. The van der Waals surface area contributed by atoms with Crippen molar-refractivity contribution in [2.24, 2.45) is 0 Å². The SMILES string of the molecule is CCNCc1cc(Br)ccc1OCc1c(C)cccc1C. The van der Waals surface area contributed by atoms with Gasteiger partial charge in [0.2, 0.25) is 0 Å². The zero-order chi connectivity index (χ0) is 15.2. The van der Waals surface area contributed by atoms with Crippen LogP contribution in [0.2, 0.25) is 0 Å². The van der Waals surface area contributed by atoms with Crippen LogP contribution in [0.5, 0.6) is 5.75 Å². The lowest BCUT2D eigenvalue weighted by Gasteiger charge is -2.15. The Hall–Kier alpha value is -1.32. The van der Waals surface area contributed by atoms with Crippen LogP contribution in [0.15, 0.2) is 40.9 Å². The van der Waals surface area contributed by atoms with E-state index in [0.717, 1.165) is 23.3 Å². The molecule has 2 aromatic carbocycles. The molecule has 0 amide bonds. The molecule has 0 radical (unpaired) electrons. The highest BCUT2D eigenvalue weighted by Crippen LogP contribution is 2.25. The first-order valence-corrected chi connectivity index (χ1v) is 8.08. The van der Waals surface area contributed by atoms with Gasteiger partial charge in [0.05, 0.1) is 0 Å². The molecule has 0 saturated carbocycles. The highest BCUT2D eigenvalue weighted by Gasteiger charge is 2.07. The minimum absolute atomic E-state index is 0.610. The number of benzene rings is 2. The van der Waals surface area contributed by atoms with Crippen LogP contribution >= 0.6 is 15.9 Å². The Bertz CT molecular complexity index is 590. The van der Waals surface area contributed by atoms with Gasteiger partial charge in [-0.1, -0.05) is 41.1 Å². The van der Waals surface area contributed by atoms with Gasteiger partial charge in [0.25, 0.3) is 0 Å². The fraction of sp³-hybridized carbons (Fsp3) is 0.333. The topological polar surface area (TPSA) is 21.3 Å². The van der Waals surface area contributed by atoms with Crippen molar-refractivity contribution >= 4 is 15.9 Å². The molecule has 0 unspecified atom stereocenters. The summed E-state index contributed by atoms with van der Waals surface area (Å²) in [7, 11) is 0. The summed E-state index contributed by atoms with van der Waals surface area (Å²) < 4.78 is 7.15. The van der Waals surface area contributed by atoms with E-state index in [1.165, 1.54) is 22.3 Å². The molecule has 0 aromatic heterocycles. The average molecular weight is 348 g/mol. The maximum Gasteiger partial charge on any atom is 0.124 e. The first kappa shape index (κ1) is 16.1. The van der Waals surface area contributed by atoms with Crippen LogP contribution in [0.25, 0.3) is 0 Å². The summed E-state index contributed by atoms with van der Waals surface area (Å²) in [6.07, 6.45) is 0. The molecule has 0 saturated heterocycles. The molecule has 0 aliphatic heterocycles. The van der Waals surface area contributed by atoms with Crippen molar-refractivity contribution in [2.75, 3.05) is 6.54 Å². The fourth-order valence-corrected chi connectivity index (χ4v) is 2.72. The van der Waals surface area contributed by atoms with E-state index in [2.05, 4.69) is 66.3 Å². The smallest absolute Gasteiger partial charge is 0.124 e. The van der Waals surface area contributed by atoms with Gasteiger partial charge in [0.1, 0.15) is 12.4 Å². The Kier molecular flexibility index (Phi) is 5.83. The molecule has 0 aliphatic carbocycles.